The molecule has 4 heteroatoms. The zero-order valence-electron chi connectivity index (χ0n) is 13.8. The van der Waals surface area contributed by atoms with Gasteiger partial charge in [-0.15, -0.1) is 6.42 Å². The van der Waals surface area contributed by atoms with E-state index in [0.717, 1.165) is 16.7 Å². The predicted octanol–water partition coefficient (Wildman–Crippen LogP) is 2.98. The lowest BCUT2D eigenvalue weighted by molar-refractivity contribution is 0.482. The van der Waals surface area contributed by atoms with Crippen LogP contribution in [-0.2, 0) is 10.0 Å². The Morgan fingerprint density at radius 2 is 1.46 bits per heavy atom. The van der Waals surface area contributed by atoms with Crippen molar-refractivity contribution in [1.82, 2.24) is 4.31 Å². The van der Waals surface area contributed by atoms with Crippen LogP contribution < -0.4 is 0 Å². The number of hydrogen-bond donors (Lipinski definition) is 0. The first-order valence-electron chi connectivity index (χ1n) is 7.49. The first kappa shape index (κ1) is 17.8. The Labute approximate surface area is 144 Å². The molecule has 0 heterocycles. The largest absolute Gasteiger partial charge is 0.244 e. The van der Waals surface area contributed by atoms with Crippen molar-refractivity contribution in [2.45, 2.75) is 18.7 Å². The van der Waals surface area contributed by atoms with Crippen molar-refractivity contribution in [1.29, 1.82) is 0 Å². The van der Waals surface area contributed by atoms with Gasteiger partial charge in [0.05, 0.1) is 18.0 Å². The first-order chi connectivity index (χ1) is 11.4. The molecule has 0 aromatic heterocycles. The molecule has 2 rings (SSSR count). The van der Waals surface area contributed by atoms with Gasteiger partial charge in [0, 0.05) is 5.56 Å². The zero-order valence-corrected chi connectivity index (χ0v) is 14.6. The molecule has 0 aliphatic rings. The summed E-state index contributed by atoms with van der Waals surface area (Å²) in [6, 6.07) is 14.4. The van der Waals surface area contributed by atoms with Gasteiger partial charge in [-0.05, 0) is 38.1 Å². The van der Waals surface area contributed by atoms with Gasteiger partial charge in [0.1, 0.15) is 0 Å². The van der Waals surface area contributed by atoms with E-state index < -0.39 is 10.0 Å². The van der Waals surface area contributed by atoms with E-state index in [1.807, 2.05) is 38.1 Å². The first-order valence-corrected chi connectivity index (χ1v) is 8.93. The minimum Gasteiger partial charge on any atom is -0.207 e. The molecule has 0 amide bonds. The summed E-state index contributed by atoms with van der Waals surface area (Å²) >= 11 is 0. The lowest BCUT2D eigenvalue weighted by Crippen LogP contribution is -2.31. The summed E-state index contributed by atoms with van der Waals surface area (Å²) in [7, 11) is -3.65. The van der Waals surface area contributed by atoms with Crippen LogP contribution in [0.1, 0.15) is 16.7 Å². The maximum absolute atomic E-state index is 12.7. The van der Waals surface area contributed by atoms with Crippen molar-refractivity contribution in [3.05, 3.63) is 65.2 Å². The van der Waals surface area contributed by atoms with Gasteiger partial charge in [0.15, 0.2) is 0 Å². The fourth-order valence-corrected chi connectivity index (χ4v) is 3.31. The second-order valence-corrected chi connectivity index (χ2v) is 7.40. The molecular formula is C20H19NO2S. The Bertz CT molecular complexity index is 893. The minimum atomic E-state index is -3.65. The van der Waals surface area contributed by atoms with Crippen molar-refractivity contribution in [3.8, 4) is 24.2 Å². The highest BCUT2D eigenvalue weighted by atomic mass is 32.2. The Morgan fingerprint density at radius 1 is 0.917 bits per heavy atom. The Hall–Kier alpha value is -2.53. The molecule has 0 unspecified atom stereocenters. The van der Waals surface area contributed by atoms with Gasteiger partial charge in [-0.1, -0.05) is 53.2 Å². The second kappa shape index (κ2) is 7.84. The standard InChI is InChI=1S/C20H19NO2S/c1-4-15-21(16-5-6-19-11-7-17(2)8-12-19)24(22,23)20-13-9-18(3)10-14-20/h1,7-14H,15-16H2,2-3H3. The summed E-state index contributed by atoms with van der Waals surface area (Å²) in [5.41, 5.74) is 2.99. The monoisotopic (exact) mass is 337 g/mol. The van der Waals surface area contributed by atoms with Crippen molar-refractivity contribution in [3.63, 3.8) is 0 Å². The fourth-order valence-electron chi connectivity index (χ4n) is 2.05. The molecule has 122 valence electrons. The third kappa shape index (κ3) is 4.49. The minimum absolute atomic E-state index is 0.0151. The lowest BCUT2D eigenvalue weighted by atomic mass is 10.2. The molecule has 0 atom stereocenters. The second-order valence-electron chi connectivity index (χ2n) is 5.46. The molecule has 0 N–H and O–H groups in total. The number of terminal acetylenes is 1. The van der Waals surface area contributed by atoms with E-state index in [9.17, 15) is 8.42 Å². The maximum Gasteiger partial charge on any atom is 0.244 e. The summed E-state index contributed by atoms with van der Waals surface area (Å²) in [6.45, 7) is 3.94. The molecule has 0 aliphatic heterocycles. The van der Waals surface area contributed by atoms with Gasteiger partial charge in [0.2, 0.25) is 10.0 Å². The van der Waals surface area contributed by atoms with Gasteiger partial charge in [-0.3, -0.25) is 0 Å². The normalized spacial score (nSPS) is 10.8. The van der Waals surface area contributed by atoms with Gasteiger partial charge in [0.25, 0.3) is 0 Å². The Balaban J connectivity index is 2.22. The van der Waals surface area contributed by atoms with E-state index in [4.69, 9.17) is 6.42 Å². The predicted molar refractivity (Wildman–Crippen MR) is 96.8 cm³/mol. The number of aryl methyl sites for hydroxylation is 2. The molecular weight excluding hydrogens is 318 g/mol. The van der Waals surface area contributed by atoms with Gasteiger partial charge >= 0.3 is 0 Å². The van der Waals surface area contributed by atoms with E-state index in [-0.39, 0.29) is 18.0 Å². The van der Waals surface area contributed by atoms with Crippen molar-refractivity contribution >= 4 is 10.0 Å². The van der Waals surface area contributed by atoms with Crippen LogP contribution >= 0.6 is 0 Å². The molecule has 24 heavy (non-hydrogen) atoms. The molecule has 0 fully saturated rings. The van der Waals surface area contributed by atoms with E-state index >= 15 is 0 Å². The lowest BCUT2D eigenvalue weighted by Gasteiger charge is -2.17. The number of hydrogen-bond acceptors (Lipinski definition) is 2. The fraction of sp³-hybridized carbons (Fsp3) is 0.200. The maximum atomic E-state index is 12.7. The van der Waals surface area contributed by atoms with Crippen LogP contribution in [0.3, 0.4) is 0 Å². The van der Waals surface area contributed by atoms with Gasteiger partial charge in [-0.25, -0.2) is 8.42 Å². The van der Waals surface area contributed by atoms with E-state index in [2.05, 4.69) is 17.8 Å². The number of benzene rings is 2. The van der Waals surface area contributed by atoms with Crippen LogP contribution in [-0.4, -0.2) is 25.8 Å². The average Bonchev–Trinajstić information content (AvgIpc) is 2.56. The quantitative estimate of drug-likeness (QED) is 0.805. The third-order valence-electron chi connectivity index (χ3n) is 3.47. The van der Waals surface area contributed by atoms with Crippen molar-refractivity contribution in [2.75, 3.05) is 13.1 Å². The topological polar surface area (TPSA) is 37.4 Å². The number of rotatable bonds is 4. The van der Waals surface area contributed by atoms with E-state index in [1.54, 1.807) is 24.3 Å². The van der Waals surface area contributed by atoms with Crippen LogP contribution in [0.5, 0.6) is 0 Å². The van der Waals surface area contributed by atoms with Gasteiger partial charge in [-0.2, -0.15) is 4.31 Å². The third-order valence-corrected chi connectivity index (χ3v) is 5.27. The molecule has 0 spiro atoms. The molecule has 3 nitrogen and oxygen atoms in total. The summed E-state index contributed by atoms with van der Waals surface area (Å²) in [5.74, 6) is 8.25. The molecule has 0 aliphatic carbocycles. The van der Waals surface area contributed by atoms with Crippen LogP contribution in [0.4, 0.5) is 0 Å². The highest BCUT2D eigenvalue weighted by Gasteiger charge is 2.22. The summed E-state index contributed by atoms with van der Waals surface area (Å²) in [6.07, 6.45) is 5.32. The van der Waals surface area contributed by atoms with Crippen LogP contribution in [0.2, 0.25) is 0 Å². The van der Waals surface area contributed by atoms with Gasteiger partial charge < -0.3 is 0 Å². The highest BCUT2D eigenvalue weighted by Crippen LogP contribution is 2.15. The number of sulfonamides is 1. The molecule has 0 radical (unpaired) electrons. The zero-order chi connectivity index (χ0) is 17.6. The number of nitrogens with zero attached hydrogens (tertiary/aromatic N) is 1. The molecule has 0 saturated carbocycles. The van der Waals surface area contributed by atoms with Crippen LogP contribution in [0.15, 0.2) is 53.4 Å². The molecule has 0 bridgehead atoms. The Morgan fingerprint density at radius 3 is 2.00 bits per heavy atom. The average molecular weight is 337 g/mol. The summed E-state index contributed by atoms with van der Waals surface area (Å²) in [5, 5.41) is 0. The summed E-state index contributed by atoms with van der Waals surface area (Å²) in [4.78, 5) is 0.223. The smallest absolute Gasteiger partial charge is 0.207 e. The molecule has 2 aromatic carbocycles. The van der Waals surface area contributed by atoms with Crippen LogP contribution in [0, 0.1) is 38.0 Å². The van der Waals surface area contributed by atoms with E-state index in [0.29, 0.717) is 0 Å². The Kier molecular flexibility index (Phi) is 5.82. The highest BCUT2D eigenvalue weighted by molar-refractivity contribution is 7.89. The van der Waals surface area contributed by atoms with Crippen molar-refractivity contribution in [2.24, 2.45) is 0 Å². The molecule has 2 aromatic rings. The van der Waals surface area contributed by atoms with E-state index in [1.165, 1.54) is 4.31 Å². The van der Waals surface area contributed by atoms with Crippen LogP contribution in [0.25, 0.3) is 0 Å². The SMILES string of the molecule is C#CCN(CC#Cc1ccc(C)cc1)S(=O)(=O)c1ccc(C)cc1. The molecule has 0 saturated heterocycles. The summed E-state index contributed by atoms with van der Waals surface area (Å²) < 4.78 is 26.6. The van der Waals surface area contributed by atoms with Crippen molar-refractivity contribution < 1.29 is 8.42 Å².